The van der Waals surface area contributed by atoms with E-state index in [1.807, 2.05) is 6.92 Å². The van der Waals surface area contributed by atoms with Crippen molar-refractivity contribution in [2.24, 2.45) is 7.05 Å². The fourth-order valence-corrected chi connectivity index (χ4v) is 2.21. The topological polar surface area (TPSA) is 17.8 Å². The summed E-state index contributed by atoms with van der Waals surface area (Å²) in [5.74, 6) is -0.248. The molecule has 68 valence electrons. The van der Waals surface area contributed by atoms with Crippen LogP contribution in [0.4, 0.5) is 4.39 Å². The van der Waals surface area contributed by atoms with Gasteiger partial charge in [0.2, 0.25) is 0 Å². The van der Waals surface area contributed by atoms with Gasteiger partial charge in [-0.15, -0.1) is 0 Å². The van der Waals surface area contributed by atoms with Crippen molar-refractivity contribution >= 4 is 26.8 Å². The van der Waals surface area contributed by atoms with Crippen LogP contribution < -0.4 is 0 Å². The largest absolute Gasteiger partial charge is 0.268 e. The lowest BCUT2D eigenvalue weighted by Gasteiger charge is -1.96. The first-order chi connectivity index (χ1) is 6.09. The molecule has 0 aliphatic rings. The maximum Gasteiger partial charge on any atom is 0.126 e. The minimum atomic E-state index is -0.248. The first kappa shape index (κ1) is 8.69. The number of rotatable bonds is 0. The Labute approximate surface area is 83.5 Å². The van der Waals surface area contributed by atoms with E-state index in [1.54, 1.807) is 11.7 Å². The molecule has 1 aromatic heterocycles. The summed E-state index contributed by atoms with van der Waals surface area (Å²) in [5, 5.41) is 5.19. The van der Waals surface area contributed by atoms with Crippen molar-refractivity contribution in [1.82, 2.24) is 9.78 Å². The molecular weight excluding hydrogens is 235 g/mol. The quantitative estimate of drug-likeness (QED) is 0.695. The van der Waals surface area contributed by atoms with Gasteiger partial charge in [0.25, 0.3) is 0 Å². The summed E-state index contributed by atoms with van der Waals surface area (Å²) >= 11 is 3.32. The Morgan fingerprint density at radius 2 is 2.15 bits per heavy atom. The number of aromatic nitrogens is 2. The number of aryl methyl sites for hydroxylation is 2. The first-order valence-electron chi connectivity index (χ1n) is 3.88. The van der Waals surface area contributed by atoms with E-state index in [-0.39, 0.29) is 5.82 Å². The number of fused-ring (bicyclic) bond motifs is 1. The number of hydrogen-bond donors (Lipinski definition) is 0. The summed E-state index contributed by atoms with van der Waals surface area (Å²) in [5.41, 5.74) is 1.72. The van der Waals surface area contributed by atoms with Crippen molar-refractivity contribution in [3.8, 4) is 0 Å². The Kier molecular flexibility index (Phi) is 1.87. The Morgan fingerprint density at radius 3 is 2.85 bits per heavy atom. The zero-order valence-corrected chi connectivity index (χ0v) is 8.89. The fraction of sp³-hybridized carbons (Fsp3) is 0.222. The SMILES string of the molecule is Cc1nn(C)c2cc(F)cc(Br)c12. The summed E-state index contributed by atoms with van der Waals surface area (Å²) < 4.78 is 15.5. The van der Waals surface area contributed by atoms with Crippen molar-refractivity contribution in [2.75, 3.05) is 0 Å². The molecule has 0 amide bonds. The molecule has 0 unspecified atom stereocenters. The lowest BCUT2D eigenvalue weighted by molar-refractivity contribution is 0.627. The van der Waals surface area contributed by atoms with Crippen LogP contribution in [0.5, 0.6) is 0 Å². The molecule has 0 aliphatic carbocycles. The summed E-state index contributed by atoms with van der Waals surface area (Å²) in [6, 6.07) is 2.94. The third-order valence-corrected chi connectivity index (χ3v) is 2.67. The zero-order chi connectivity index (χ0) is 9.59. The predicted molar refractivity (Wildman–Crippen MR) is 53.1 cm³/mol. The number of hydrogen-bond acceptors (Lipinski definition) is 1. The Balaban J connectivity index is 2.97. The van der Waals surface area contributed by atoms with Crippen molar-refractivity contribution in [3.05, 3.63) is 28.1 Å². The predicted octanol–water partition coefficient (Wildman–Crippen LogP) is 2.78. The Hall–Kier alpha value is -0.900. The van der Waals surface area contributed by atoms with E-state index in [0.717, 1.165) is 21.1 Å². The minimum Gasteiger partial charge on any atom is -0.268 e. The summed E-state index contributed by atoms with van der Waals surface area (Å²) in [7, 11) is 1.81. The molecule has 0 saturated heterocycles. The van der Waals surface area contributed by atoms with Crippen molar-refractivity contribution in [1.29, 1.82) is 0 Å². The molecule has 4 heteroatoms. The average Bonchev–Trinajstić information content (AvgIpc) is 2.27. The van der Waals surface area contributed by atoms with Crippen LogP contribution in [0.1, 0.15) is 5.69 Å². The molecular formula is C9H8BrFN2. The van der Waals surface area contributed by atoms with E-state index in [2.05, 4.69) is 21.0 Å². The molecule has 0 radical (unpaired) electrons. The van der Waals surface area contributed by atoms with Crippen LogP contribution in [-0.4, -0.2) is 9.78 Å². The van der Waals surface area contributed by atoms with Gasteiger partial charge in [0, 0.05) is 16.9 Å². The van der Waals surface area contributed by atoms with Gasteiger partial charge in [-0.25, -0.2) is 4.39 Å². The van der Waals surface area contributed by atoms with E-state index in [0.29, 0.717) is 0 Å². The Morgan fingerprint density at radius 1 is 1.46 bits per heavy atom. The van der Waals surface area contributed by atoms with Crippen LogP contribution in [0, 0.1) is 12.7 Å². The maximum absolute atomic E-state index is 13.0. The zero-order valence-electron chi connectivity index (χ0n) is 7.31. The van der Waals surface area contributed by atoms with Gasteiger partial charge in [0.05, 0.1) is 11.2 Å². The minimum absolute atomic E-state index is 0.248. The van der Waals surface area contributed by atoms with Crippen molar-refractivity contribution < 1.29 is 4.39 Å². The van der Waals surface area contributed by atoms with Crippen LogP contribution in [0.2, 0.25) is 0 Å². The van der Waals surface area contributed by atoms with Crippen LogP contribution in [-0.2, 0) is 7.05 Å². The molecule has 2 aromatic rings. The maximum atomic E-state index is 13.0. The van der Waals surface area contributed by atoms with Crippen molar-refractivity contribution in [2.45, 2.75) is 6.92 Å². The lowest BCUT2D eigenvalue weighted by atomic mass is 10.2. The molecule has 0 N–H and O–H groups in total. The molecule has 0 fully saturated rings. The van der Waals surface area contributed by atoms with E-state index < -0.39 is 0 Å². The molecule has 0 bridgehead atoms. The van der Waals surface area contributed by atoms with Gasteiger partial charge >= 0.3 is 0 Å². The standard InChI is InChI=1S/C9H8BrFN2/c1-5-9-7(10)3-6(11)4-8(9)13(2)12-5/h3-4H,1-2H3. The third-order valence-electron chi connectivity index (χ3n) is 2.04. The van der Waals surface area contributed by atoms with Gasteiger partial charge < -0.3 is 0 Å². The van der Waals surface area contributed by atoms with Gasteiger partial charge in [-0.3, -0.25) is 4.68 Å². The highest BCUT2D eigenvalue weighted by Gasteiger charge is 2.09. The van der Waals surface area contributed by atoms with E-state index >= 15 is 0 Å². The molecule has 2 nitrogen and oxygen atoms in total. The fourth-order valence-electron chi connectivity index (χ4n) is 1.50. The molecule has 0 atom stereocenters. The molecule has 1 heterocycles. The van der Waals surface area contributed by atoms with E-state index in [4.69, 9.17) is 0 Å². The number of nitrogens with zero attached hydrogens (tertiary/aromatic N) is 2. The van der Waals surface area contributed by atoms with Gasteiger partial charge in [0.1, 0.15) is 5.82 Å². The van der Waals surface area contributed by atoms with E-state index in [1.165, 1.54) is 12.1 Å². The summed E-state index contributed by atoms with van der Waals surface area (Å²) in [6.45, 7) is 1.91. The second-order valence-corrected chi connectivity index (χ2v) is 3.85. The van der Waals surface area contributed by atoms with Gasteiger partial charge in [-0.2, -0.15) is 5.10 Å². The molecule has 2 rings (SSSR count). The third kappa shape index (κ3) is 1.25. The average molecular weight is 243 g/mol. The van der Waals surface area contributed by atoms with Gasteiger partial charge in [-0.05, 0) is 35.0 Å². The second kappa shape index (κ2) is 2.80. The van der Waals surface area contributed by atoms with E-state index in [9.17, 15) is 4.39 Å². The summed E-state index contributed by atoms with van der Waals surface area (Å²) in [6.07, 6.45) is 0. The van der Waals surface area contributed by atoms with Crippen molar-refractivity contribution in [3.63, 3.8) is 0 Å². The first-order valence-corrected chi connectivity index (χ1v) is 4.67. The molecule has 13 heavy (non-hydrogen) atoms. The Bertz CT molecular complexity index is 476. The molecule has 0 aliphatic heterocycles. The smallest absolute Gasteiger partial charge is 0.126 e. The molecule has 0 spiro atoms. The second-order valence-electron chi connectivity index (χ2n) is 2.99. The normalized spacial score (nSPS) is 11.1. The summed E-state index contributed by atoms with van der Waals surface area (Å²) in [4.78, 5) is 0. The number of benzene rings is 1. The van der Waals surface area contributed by atoms with Crippen LogP contribution in [0.15, 0.2) is 16.6 Å². The van der Waals surface area contributed by atoms with Crippen LogP contribution in [0.25, 0.3) is 10.9 Å². The molecule has 1 aromatic carbocycles. The number of halogens is 2. The highest BCUT2D eigenvalue weighted by Crippen LogP contribution is 2.27. The highest BCUT2D eigenvalue weighted by molar-refractivity contribution is 9.10. The van der Waals surface area contributed by atoms with Gasteiger partial charge in [-0.1, -0.05) is 0 Å². The van der Waals surface area contributed by atoms with Gasteiger partial charge in [0.15, 0.2) is 0 Å². The monoisotopic (exact) mass is 242 g/mol. The lowest BCUT2D eigenvalue weighted by Crippen LogP contribution is -1.89. The van der Waals surface area contributed by atoms with Crippen LogP contribution >= 0.6 is 15.9 Å². The van der Waals surface area contributed by atoms with Crippen LogP contribution in [0.3, 0.4) is 0 Å². The molecule has 0 saturated carbocycles. The highest BCUT2D eigenvalue weighted by atomic mass is 79.9.